The van der Waals surface area contributed by atoms with Gasteiger partial charge in [-0.2, -0.15) is 0 Å². The van der Waals surface area contributed by atoms with Gasteiger partial charge in [0.2, 0.25) is 0 Å². The van der Waals surface area contributed by atoms with Gasteiger partial charge < -0.3 is 4.74 Å². The molecule has 4 heteroatoms. The fourth-order valence-electron chi connectivity index (χ4n) is 1.87. The summed E-state index contributed by atoms with van der Waals surface area (Å²) in [6, 6.07) is 6.03. The summed E-state index contributed by atoms with van der Waals surface area (Å²) in [6.45, 7) is 9.54. The second kappa shape index (κ2) is 6.93. The van der Waals surface area contributed by atoms with Crippen molar-refractivity contribution in [2.45, 2.75) is 45.8 Å². The molecule has 0 bridgehead atoms. The molecule has 20 heavy (non-hydrogen) atoms. The van der Waals surface area contributed by atoms with E-state index in [0.29, 0.717) is 13.0 Å². The van der Waals surface area contributed by atoms with Crippen molar-refractivity contribution >= 4 is 22.8 Å². The van der Waals surface area contributed by atoms with Gasteiger partial charge in [-0.15, -0.1) is 0 Å². The molecule has 1 aromatic carbocycles. The summed E-state index contributed by atoms with van der Waals surface area (Å²) in [5, 5.41) is -0.0185. The fraction of sp³-hybridized carbons (Fsp3) is 0.500. The Bertz CT molecular complexity index is 506. The van der Waals surface area contributed by atoms with Crippen LogP contribution in [0.4, 0.5) is 0 Å². The van der Waals surface area contributed by atoms with E-state index in [4.69, 9.17) is 4.74 Å². The van der Waals surface area contributed by atoms with Crippen LogP contribution in [0.15, 0.2) is 18.2 Å². The van der Waals surface area contributed by atoms with Crippen LogP contribution < -0.4 is 0 Å². The molecule has 0 saturated carbocycles. The van der Waals surface area contributed by atoms with E-state index in [1.165, 1.54) is 5.56 Å². The molecular weight excluding hydrogens is 272 g/mol. The first-order chi connectivity index (χ1) is 9.26. The zero-order valence-electron chi connectivity index (χ0n) is 12.8. The number of benzene rings is 1. The van der Waals surface area contributed by atoms with Gasteiger partial charge in [0.1, 0.15) is 4.75 Å². The molecule has 0 spiro atoms. The van der Waals surface area contributed by atoms with Gasteiger partial charge >= 0.3 is 5.97 Å². The van der Waals surface area contributed by atoms with E-state index in [1.807, 2.05) is 26.0 Å². The van der Waals surface area contributed by atoms with Gasteiger partial charge in [-0.25, -0.2) is 0 Å². The monoisotopic (exact) mass is 294 g/mol. The lowest BCUT2D eigenvalue weighted by Crippen LogP contribution is -2.31. The number of thioether (sulfide) groups is 1. The summed E-state index contributed by atoms with van der Waals surface area (Å²) in [5.41, 5.74) is 3.29. The Morgan fingerprint density at radius 3 is 2.45 bits per heavy atom. The second-order valence-corrected chi connectivity index (χ2v) is 6.99. The van der Waals surface area contributed by atoms with Crippen LogP contribution in [0.2, 0.25) is 0 Å². The van der Waals surface area contributed by atoms with Crippen LogP contribution in [0.5, 0.6) is 0 Å². The molecule has 0 aliphatic heterocycles. The first-order valence-electron chi connectivity index (χ1n) is 6.71. The molecule has 0 amide bonds. The molecule has 0 aliphatic rings. The Hall–Kier alpha value is -1.29. The van der Waals surface area contributed by atoms with E-state index < -0.39 is 4.75 Å². The van der Waals surface area contributed by atoms with Gasteiger partial charge in [0, 0.05) is 6.42 Å². The number of carbonyl (C=O) groups excluding carboxylic acids is 2. The molecule has 3 nitrogen and oxygen atoms in total. The van der Waals surface area contributed by atoms with Crippen molar-refractivity contribution in [3.63, 3.8) is 0 Å². The van der Waals surface area contributed by atoms with Crippen LogP contribution in [-0.2, 0) is 20.7 Å². The first kappa shape index (κ1) is 16.8. The maximum Gasteiger partial charge on any atom is 0.322 e. The largest absolute Gasteiger partial charge is 0.465 e. The molecule has 0 saturated heterocycles. The van der Waals surface area contributed by atoms with Gasteiger partial charge in [0.05, 0.1) is 6.61 Å². The molecule has 0 aliphatic carbocycles. The number of aryl methyl sites for hydroxylation is 2. The van der Waals surface area contributed by atoms with Crippen LogP contribution >= 0.6 is 11.8 Å². The molecule has 1 rings (SSSR count). The van der Waals surface area contributed by atoms with Crippen LogP contribution in [0, 0.1) is 13.8 Å². The first-order valence-corrected chi connectivity index (χ1v) is 7.53. The minimum absolute atomic E-state index is 0.0185. The van der Waals surface area contributed by atoms with Crippen molar-refractivity contribution in [3.05, 3.63) is 34.9 Å². The standard InChI is InChI=1S/C16H22O3S/c1-6-19-15(18)16(4,5)20-14(17)10-13-8-7-11(2)9-12(13)3/h7-9H,6,10H2,1-5H3. The van der Waals surface area contributed by atoms with E-state index in [-0.39, 0.29) is 11.1 Å². The highest BCUT2D eigenvalue weighted by Gasteiger charge is 2.32. The molecule has 0 atom stereocenters. The quantitative estimate of drug-likeness (QED) is 0.780. The summed E-state index contributed by atoms with van der Waals surface area (Å²) in [7, 11) is 0. The Balaban J connectivity index is 2.70. The van der Waals surface area contributed by atoms with Crippen molar-refractivity contribution in [1.29, 1.82) is 0 Å². The minimum atomic E-state index is -0.842. The number of hydrogen-bond acceptors (Lipinski definition) is 4. The third-order valence-corrected chi connectivity index (χ3v) is 4.02. The van der Waals surface area contributed by atoms with Crippen molar-refractivity contribution < 1.29 is 14.3 Å². The predicted octanol–water partition coefficient (Wildman–Crippen LogP) is 3.45. The highest BCUT2D eigenvalue weighted by molar-refractivity contribution is 8.15. The third kappa shape index (κ3) is 4.67. The average Bonchev–Trinajstić information content (AvgIpc) is 2.32. The number of hydrogen-bond donors (Lipinski definition) is 0. The molecule has 1 aromatic rings. The summed E-state index contributed by atoms with van der Waals surface area (Å²) < 4.78 is 4.14. The van der Waals surface area contributed by atoms with Gasteiger partial charge in [-0.1, -0.05) is 35.5 Å². The van der Waals surface area contributed by atoms with Gasteiger partial charge in [0.25, 0.3) is 0 Å². The van der Waals surface area contributed by atoms with Gasteiger partial charge in [-0.3, -0.25) is 9.59 Å². The molecule has 0 radical (unpaired) electrons. The van der Waals surface area contributed by atoms with Crippen molar-refractivity contribution in [2.24, 2.45) is 0 Å². The Morgan fingerprint density at radius 2 is 1.90 bits per heavy atom. The van der Waals surface area contributed by atoms with Crippen LogP contribution in [0.25, 0.3) is 0 Å². The second-order valence-electron chi connectivity index (χ2n) is 5.31. The van der Waals surface area contributed by atoms with Gasteiger partial charge in [0.15, 0.2) is 5.12 Å². The van der Waals surface area contributed by atoms with Crippen molar-refractivity contribution in [3.8, 4) is 0 Å². The van der Waals surface area contributed by atoms with Crippen molar-refractivity contribution in [1.82, 2.24) is 0 Å². The Labute approximate surface area is 125 Å². The zero-order valence-corrected chi connectivity index (χ0v) is 13.6. The smallest absolute Gasteiger partial charge is 0.322 e. The molecule has 0 N–H and O–H groups in total. The zero-order chi connectivity index (χ0) is 15.3. The fourth-order valence-corrected chi connectivity index (χ4v) is 2.81. The van der Waals surface area contributed by atoms with E-state index in [2.05, 4.69) is 6.07 Å². The number of ether oxygens (including phenoxy) is 1. The molecule has 0 heterocycles. The number of esters is 1. The van der Waals surface area contributed by atoms with Crippen LogP contribution in [-0.4, -0.2) is 22.4 Å². The predicted molar refractivity (Wildman–Crippen MR) is 82.9 cm³/mol. The minimum Gasteiger partial charge on any atom is -0.465 e. The van der Waals surface area contributed by atoms with E-state index in [1.54, 1.807) is 20.8 Å². The lowest BCUT2D eigenvalue weighted by atomic mass is 10.0. The average molecular weight is 294 g/mol. The highest BCUT2D eigenvalue weighted by Crippen LogP contribution is 2.28. The Kier molecular flexibility index (Phi) is 5.81. The summed E-state index contributed by atoms with van der Waals surface area (Å²) >= 11 is 1.04. The Morgan fingerprint density at radius 1 is 1.25 bits per heavy atom. The van der Waals surface area contributed by atoms with Crippen LogP contribution in [0.3, 0.4) is 0 Å². The number of carbonyl (C=O) groups is 2. The maximum atomic E-state index is 12.1. The lowest BCUT2D eigenvalue weighted by Gasteiger charge is -2.20. The number of rotatable bonds is 5. The molecule has 0 fully saturated rings. The summed E-state index contributed by atoms with van der Waals surface area (Å²) in [4.78, 5) is 23.9. The molecule has 0 aromatic heterocycles. The van der Waals surface area contributed by atoms with Crippen molar-refractivity contribution in [2.75, 3.05) is 6.61 Å². The highest BCUT2D eigenvalue weighted by atomic mass is 32.2. The normalized spacial score (nSPS) is 11.2. The topological polar surface area (TPSA) is 43.4 Å². The van der Waals surface area contributed by atoms with E-state index in [0.717, 1.165) is 22.9 Å². The lowest BCUT2D eigenvalue weighted by molar-refractivity contribution is -0.145. The third-order valence-electron chi connectivity index (χ3n) is 2.97. The molecule has 0 unspecified atom stereocenters. The van der Waals surface area contributed by atoms with E-state index >= 15 is 0 Å². The molecule has 110 valence electrons. The summed E-state index contributed by atoms with van der Waals surface area (Å²) in [5.74, 6) is -0.348. The summed E-state index contributed by atoms with van der Waals surface area (Å²) in [6.07, 6.45) is 0.333. The maximum absolute atomic E-state index is 12.1. The van der Waals surface area contributed by atoms with Crippen LogP contribution in [0.1, 0.15) is 37.5 Å². The SMILES string of the molecule is CCOC(=O)C(C)(C)SC(=O)Cc1ccc(C)cc1C. The van der Waals surface area contributed by atoms with E-state index in [9.17, 15) is 9.59 Å². The molecular formula is C16H22O3S. The van der Waals surface area contributed by atoms with Gasteiger partial charge in [-0.05, 0) is 45.7 Å².